The zero-order valence-electron chi connectivity index (χ0n) is 11.1. The third kappa shape index (κ3) is 3.61. The average Bonchev–Trinajstić information content (AvgIpc) is 2.74. The molecule has 0 aliphatic carbocycles. The predicted molar refractivity (Wildman–Crippen MR) is 76.3 cm³/mol. The summed E-state index contributed by atoms with van der Waals surface area (Å²) in [5, 5.41) is 8.56. The zero-order valence-corrected chi connectivity index (χ0v) is 11.9. The molecule has 0 fully saturated rings. The van der Waals surface area contributed by atoms with Gasteiger partial charge in [-0.05, 0) is 18.2 Å². The molecular formula is C11H14N4O5S. The van der Waals surface area contributed by atoms with Gasteiger partial charge >= 0.3 is 21.9 Å². The topological polar surface area (TPSA) is 135 Å². The average molecular weight is 314 g/mol. The van der Waals surface area contributed by atoms with Crippen LogP contribution in [0.4, 0.5) is 5.69 Å². The van der Waals surface area contributed by atoms with Gasteiger partial charge in [0.1, 0.15) is 0 Å². The number of carboxylic acids is 1. The first-order valence-corrected chi connectivity index (χ1v) is 7.40. The molecule has 0 amide bonds. The molecule has 1 aromatic carbocycles. The number of hydrogen-bond acceptors (Lipinski definition) is 4. The maximum Gasteiger partial charge on any atom is 0.323 e. The summed E-state index contributed by atoms with van der Waals surface area (Å²) in [5.41, 5.74) is 0.902. The molecule has 9 nitrogen and oxygen atoms in total. The Morgan fingerprint density at radius 2 is 2.00 bits per heavy atom. The monoisotopic (exact) mass is 314 g/mol. The molecule has 0 bridgehead atoms. The fraction of sp³-hybridized carbons (Fsp3) is 0.273. The Morgan fingerprint density at radius 1 is 1.33 bits per heavy atom. The molecule has 114 valence electrons. The van der Waals surface area contributed by atoms with Crippen LogP contribution in [0.1, 0.15) is 6.42 Å². The molecule has 0 atom stereocenters. The Labute approximate surface area is 119 Å². The van der Waals surface area contributed by atoms with Gasteiger partial charge in [-0.25, -0.2) is 4.79 Å². The molecule has 0 aliphatic heterocycles. The number of aliphatic carboxylic acids is 1. The van der Waals surface area contributed by atoms with Crippen molar-refractivity contribution in [2.24, 2.45) is 0 Å². The normalized spacial score (nSPS) is 11.9. The lowest BCUT2D eigenvalue weighted by Gasteiger charge is -2.17. The Kier molecular flexibility index (Phi) is 4.00. The summed E-state index contributed by atoms with van der Waals surface area (Å²) < 4.78 is 27.2. The number of nitrogens with zero attached hydrogens (tertiary/aromatic N) is 1. The SMILES string of the molecule is CN(CCC(=O)O)S(=O)(=O)Nc1ccc2[nH]c(=O)[nH]c2c1. The molecule has 1 aromatic heterocycles. The van der Waals surface area contributed by atoms with Crippen LogP contribution in [-0.2, 0) is 15.0 Å². The van der Waals surface area contributed by atoms with E-state index in [1.165, 1.54) is 19.2 Å². The molecule has 0 unspecified atom stereocenters. The maximum atomic E-state index is 12.0. The number of benzene rings is 1. The highest BCUT2D eigenvalue weighted by atomic mass is 32.2. The molecule has 0 spiro atoms. The van der Waals surface area contributed by atoms with Crippen LogP contribution in [0.2, 0.25) is 0 Å². The minimum absolute atomic E-state index is 0.145. The van der Waals surface area contributed by atoms with Gasteiger partial charge in [-0.1, -0.05) is 0 Å². The summed E-state index contributed by atoms with van der Waals surface area (Å²) in [6, 6.07) is 4.52. The molecule has 0 aliphatic rings. The highest BCUT2D eigenvalue weighted by molar-refractivity contribution is 7.90. The van der Waals surface area contributed by atoms with E-state index in [2.05, 4.69) is 14.7 Å². The van der Waals surface area contributed by atoms with Crippen molar-refractivity contribution in [3.8, 4) is 0 Å². The number of carboxylic acid groups (broad SMARTS) is 1. The first-order chi connectivity index (χ1) is 9.78. The number of carbonyl (C=O) groups is 1. The van der Waals surface area contributed by atoms with E-state index in [9.17, 15) is 18.0 Å². The molecule has 1 heterocycles. The molecule has 0 radical (unpaired) electrons. The van der Waals surface area contributed by atoms with Gasteiger partial charge < -0.3 is 15.1 Å². The van der Waals surface area contributed by atoms with Crippen molar-refractivity contribution < 1.29 is 18.3 Å². The third-order valence-electron chi connectivity index (χ3n) is 2.81. The Bertz CT molecular complexity index is 822. The summed E-state index contributed by atoms with van der Waals surface area (Å²) in [6.45, 7) is -0.145. The van der Waals surface area contributed by atoms with E-state index in [0.29, 0.717) is 11.0 Å². The first kappa shape index (κ1) is 15.1. The van der Waals surface area contributed by atoms with E-state index in [4.69, 9.17) is 5.11 Å². The summed E-state index contributed by atoms with van der Waals surface area (Å²) in [7, 11) is -2.57. The van der Waals surface area contributed by atoms with Gasteiger partial charge in [-0.2, -0.15) is 12.7 Å². The molecule has 10 heteroatoms. The number of H-pyrrole nitrogens is 2. The van der Waals surface area contributed by atoms with Gasteiger partial charge in [-0.15, -0.1) is 0 Å². The minimum atomic E-state index is -3.85. The smallest absolute Gasteiger partial charge is 0.323 e. The van der Waals surface area contributed by atoms with Gasteiger partial charge in [-0.3, -0.25) is 9.52 Å². The summed E-state index contributed by atoms with van der Waals surface area (Å²) in [4.78, 5) is 26.6. The Balaban J connectivity index is 2.17. The Morgan fingerprint density at radius 3 is 2.67 bits per heavy atom. The van der Waals surface area contributed by atoms with Crippen LogP contribution in [0.5, 0.6) is 0 Å². The largest absolute Gasteiger partial charge is 0.481 e. The van der Waals surface area contributed by atoms with Crippen LogP contribution >= 0.6 is 0 Å². The summed E-state index contributed by atoms with van der Waals surface area (Å²) >= 11 is 0. The van der Waals surface area contributed by atoms with Crippen LogP contribution in [0.25, 0.3) is 11.0 Å². The minimum Gasteiger partial charge on any atom is -0.481 e. The molecule has 2 aromatic rings. The van der Waals surface area contributed by atoms with Crippen molar-refractivity contribution in [2.75, 3.05) is 18.3 Å². The number of rotatable bonds is 6. The van der Waals surface area contributed by atoms with Gasteiger partial charge in [0.15, 0.2) is 0 Å². The number of anilines is 1. The van der Waals surface area contributed by atoms with Gasteiger partial charge in [0.05, 0.1) is 23.1 Å². The zero-order chi connectivity index (χ0) is 15.6. The van der Waals surface area contributed by atoms with Crippen LogP contribution in [0.3, 0.4) is 0 Å². The van der Waals surface area contributed by atoms with Crippen molar-refractivity contribution >= 4 is 32.9 Å². The second kappa shape index (κ2) is 5.58. The highest BCUT2D eigenvalue weighted by Gasteiger charge is 2.18. The lowest BCUT2D eigenvalue weighted by molar-refractivity contribution is -0.137. The molecular weight excluding hydrogens is 300 g/mol. The second-order valence-corrected chi connectivity index (χ2v) is 6.19. The molecule has 0 saturated heterocycles. The van der Waals surface area contributed by atoms with E-state index in [1.807, 2.05) is 0 Å². The molecule has 0 saturated carbocycles. The number of imidazole rings is 1. The maximum absolute atomic E-state index is 12.0. The van der Waals surface area contributed by atoms with Crippen LogP contribution in [-0.4, -0.2) is 47.4 Å². The van der Waals surface area contributed by atoms with Crippen molar-refractivity contribution in [1.29, 1.82) is 0 Å². The standard InChI is InChI=1S/C11H14N4O5S/c1-15(5-4-10(16)17)21(19,20)14-7-2-3-8-9(6-7)13-11(18)12-8/h2-3,6,14H,4-5H2,1H3,(H,16,17)(H2,12,13,18). The summed E-state index contributed by atoms with van der Waals surface area (Å²) in [6.07, 6.45) is -0.290. The second-order valence-electron chi connectivity index (χ2n) is 4.41. The molecule has 2 rings (SSSR count). The van der Waals surface area contributed by atoms with Crippen molar-refractivity contribution in [3.63, 3.8) is 0 Å². The highest BCUT2D eigenvalue weighted by Crippen LogP contribution is 2.16. The predicted octanol–water partition coefficient (Wildman–Crippen LogP) is -0.0806. The van der Waals surface area contributed by atoms with E-state index >= 15 is 0 Å². The van der Waals surface area contributed by atoms with E-state index in [1.54, 1.807) is 6.07 Å². The van der Waals surface area contributed by atoms with E-state index in [0.717, 1.165) is 4.31 Å². The number of aromatic nitrogens is 2. The number of nitrogens with one attached hydrogen (secondary N) is 3. The first-order valence-electron chi connectivity index (χ1n) is 5.96. The van der Waals surface area contributed by atoms with Gasteiger partial charge in [0.25, 0.3) is 0 Å². The number of hydrogen-bond donors (Lipinski definition) is 4. The molecule has 4 N–H and O–H groups in total. The van der Waals surface area contributed by atoms with Gasteiger partial charge in [0, 0.05) is 13.6 Å². The van der Waals surface area contributed by atoms with E-state index in [-0.39, 0.29) is 24.3 Å². The quantitative estimate of drug-likeness (QED) is 0.591. The Hall–Kier alpha value is -2.33. The van der Waals surface area contributed by atoms with Crippen molar-refractivity contribution in [3.05, 3.63) is 28.7 Å². The fourth-order valence-electron chi connectivity index (χ4n) is 1.70. The lowest BCUT2D eigenvalue weighted by Crippen LogP contribution is -2.34. The lowest BCUT2D eigenvalue weighted by atomic mass is 10.3. The summed E-state index contributed by atoms with van der Waals surface area (Å²) in [5.74, 6) is -1.08. The van der Waals surface area contributed by atoms with Crippen molar-refractivity contribution in [2.45, 2.75) is 6.42 Å². The van der Waals surface area contributed by atoms with Crippen LogP contribution in [0.15, 0.2) is 23.0 Å². The fourth-order valence-corrected chi connectivity index (χ4v) is 2.61. The van der Waals surface area contributed by atoms with Crippen LogP contribution < -0.4 is 10.4 Å². The third-order valence-corrected chi connectivity index (χ3v) is 4.31. The van der Waals surface area contributed by atoms with Crippen molar-refractivity contribution in [1.82, 2.24) is 14.3 Å². The molecule has 21 heavy (non-hydrogen) atoms. The number of aromatic amines is 2. The number of fused-ring (bicyclic) bond motifs is 1. The van der Waals surface area contributed by atoms with Gasteiger partial charge in [0.2, 0.25) is 0 Å². The van der Waals surface area contributed by atoms with E-state index < -0.39 is 16.2 Å². The van der Waals surface area contributed by atoms with Crippen LogP contribution in [0, 0.1) is 0 Å².